The molecule has 98 valence electrons. The van der Waals surface area contributed by atoms with Gasteiger partial charge in [-0.15, -0.1) is 0 Å². The lowest BCUT2D eigenvalue weighted by atomic mass is 9.97. The Bertz CT molecular complexity index is 871. The van der Waals surface area contributed by atoms with E-state index in [4.69, 9.17) is 13.6 Å². The predicted octanol–water partition coefficient (Wildman–Crippen LogP) is 3.42. The van der Waals surface area contributed by atoms with Crippen molar-refractivity contribution in [1.82, 2.24) is 0 Å². The zero-order chi connectivity index (χ0) is 13.7. The van der Waals surface area contributed by atoms with Crippen molar-refractivity contribution < 1.29 is 13.6 Å². The van der Waals surface area contributed by atoms with Crippen LogP contribution in [-0.4, -0.2) is 0 Å². The molecule has 2 aromatic heterocycles. The van der Waals surface area contributed by atoms with E-state index >= 15 is 0 Å². The predicted molar refractivity (Wildman–Crippen MR) is 72.8 cm³/mol. The van der Waals surface area contributed by atoms with Crippen molar-refractivity contribution >= 4 is 11.0 Å². The minimum atomic E-state index is -0.418. The third-order valence-electron chi connectivity index (χ3n) is 3.47. The normalized spacial score (nSPS) is 17.2. The van der Waals surface area contributed by atoms with E-state index in [0.29, 0.717) is 28.4 Å². The standard InChI is InChI=1S/C16H10O4/c1-9-13(12-7-4-8-18-12)14-15(19-9)10-5-2-3-6-11(10)20-16(14)17/h2-8,13H,1H2. The van der Waals surface area contributed by atoms with Gasteiger partial charge in [0.15, 0.2) is 0 Å². The van der Waals surface area contributed by atoms with Gasteiger partial charge in [-0.1, -0.05) is 18.7 Å². The van der Waals surface area contributed by atoms with Crippen LogP contribution in [-0.2, 0) is 0 Å². The first-order valence-electron chi connectivity index (χ1n) is 6.21. The number of hydrogen-bond acceptors (Lipinski definition) is 4. The van der Waals surface area contributed by atoms with Crippen LogP contribution in [0.2, 0.25) is 0 Å². The Kier molecular flexibility index (Phi) is 2.15. The van der Waals surface area contributed by atoms with Crippen molar-refractivity contribution in [3.8, 4) is 5.75 Å². The first kappa shape index (κ1) is 11.1. The summed E-state index contributed by atoms with van der Waals surface area (Å²) >= 11 is 0. The average Bonchev–Trinajstić information content (AvgIpc) is 3.05. The minimum absolute atomic E-state index is 0.416. The molecule has 1 aliphatic rings. The smallest absolute Gasteiger partial charge is 0.344 e. The van der Waals surface area contributed by atoms with Crippen LogP contribution >= 0.6 is 0 Å². The van der Waals surface area contributed by atoms with Gasteiger partial charge in [0.05, 0.1) is 17.2 Å². The number of fused-ring (bicyclic) bond motifs is 3. The summed E-state index contributed by atoms with van der Waals surface area (Å²) in [5.74, 6) is 1.19. The van der Waals surface area contributed by atoms with Gasteiger partial charge in [-0.25, -0.2) is 4.79 Å². The topological polar surface area (TPSA) is 52.6 Å². The summed E-state index contributed by atoms with van der Waals surface area (Å²) in [6.45, 7) is 3.89. The molecular weight excluding hydrogens is 256 g/mol. The Balaban J connectivity index is 2.07. The second-order valence-corrected chi connectivity index (χ2v) is 4.65. The molecule has 4 rings (SSSR count). The van der Waals surface area contributed by atoms with Crippen LogP contribution in [0.1, 0.15) is 17.2 Å². The number of benzene rings is 1. The van der Waals surface area contributed by atoms with E-state index in [0.717, 1.165) is 5.39 Å². The summed E-state index contributed by atoms with van der Waals surface area (Å²) in [7, 11) is 0. The first-order chi connectivity index (χ1) is 9.75. The lowest BCUT2D eigenvalue weighted by molar-refractivity contribution is 0.420. The van der Waals surface area contributed by atoms with E-state index in [2.05, 4.69) is 6.58 Å². The summed E-state index contributed by atoms with van der Waals surface area (Å²) in [5, 5.41) is 0.761. The lowest BCUT2D eigenvalue weighted by Crippen LogP contribution is -2.10. The van der Waals surface area contributed by atoms with Crippen LogP contribution in [0.4, 0.5) is 0 Å². The number of rotatable bonds is 1. The summed E-state index contributed by atoms with van der Waals surface area (Å²) in [6.07, 6.45) is 1.56. The molecule has 0 saturated carbocycles. The fraction of sp³-hybridized carbons (Fsp3) is 0.0625. The van der Waals surface area contributed by atoms with Gasteiger partial charge in [-0.2, -0.15) is 0 Å². The maximum atomic E-state index is 12.2. The highest BCUT2D eigenvalue weighted by atomic mass is 16.5. The molecule has 0 bridgehead atoms. The van der Waals surface area contributed by atoms with Gasteiger partial charge in [0.25, 0.3) is 0 Å². The van der Waals surface area contributed by atoms with Crippen molar-refractivity contribution in [2.75, 3.05) is 0 Å². The molecule has 20 heavy (non-hydrogen) atoms. The minimum Gasteiger partial charge on any atom is -0.468 e. The zero-order valence-corrected chi connectivity index (χ0v) is 10.5. The fourth-order valence-electron chi connectivity index (χ4n) is 2.60. The Morgan fingerprint density at radius 3 is 2.75 bits per heavy atom. The highest BCUT2D eigenvalue weighted by Crippen LogP contribution is 2.45. The Morgan fingerprint density at radius 2 is 1.95 bits per heavy atom. The molecule has 4 nitrogen and oxygen atoms in total. The Labute approximate surface area is 113 Å². The molecule has 4 heteroatoms. The van der Waals surface area contributed by atoms with Crippen LogP contribution in [0.5, 0.6) is 5.75 Å². The molecule has 0 spiro atoms. The third kappa shape index (κ3) is 1.39. The number of para-hydroxylation sites is 1. The van der Waals surface area contributed by atoms with Gasteiger partial charge < -0.3 is 13.6 Å². The van der Waals surface area contributed by atoms with Gasteiger partial charge in [0, 0.05) is 0 Å². The van der Waals surface area contributed by atoms with Crippen molar-refractivity contribution in [3.05, 3.63) is 76.7 Å². The van der Waals surface area contributed by atoms with E-state index in [1.165, 1.54) is 0 Å². The van der Waals surface area contributed by atoms with Crippen LogP contribution in [0, 0.1) is 0 Å². The zero-order valence-electron chi connectivity index (χ0n) is 10.5. The maximum Gasteiger partial charge on any atom is 0.344 e. The molecule has 0 saturated heterocycles. The largest absolute Gasteiger partial charge is 0.468 e. The highest BCUT2D eigenvalue weighted by Gasteiger charge is 2.37. The quantitative estimate of drug-likeness (QED) is 0.633. The average molecular weight is 266 g/mol. The van der Waals surface area contributed by atoms with Crippen molar-refractivity contribution in [1.29, 1.82) is 0 Å². The molecule has 1 aliphatic heterocycles. The Morgan fingerprint density at radius 1 is 1.10 bits per heavy atom. The summed E-state index contributed by atoms with van der Waals surface area (Å²) in [5.41, 5.74) is 0.534. The van der Waals surface area contributed by atoms with Gasteiger partial charge >= 0.3 is 5.63 Å². The van der Waals surface area contributed by atoms with Crippen LogP contribution < -0.4 is 10.4 Å². The van der Waals surface area contributed by atoms with Crippen molar-refractivity contribution in [2.24, 2.45) is 0 Å². The monoisotopic (exact) mass is 266 g/mol. The molecule has 3 aromatic rings. The number of allylic oxidation sites excluding steroid dienone is 1. The molecule has 3 heterocycles. The van der Waals surface area contributed by atoms with Crippen molar-refractivity contribution in [3.63, 3.8) is 0 Å². The van der Waals surface area contributed by atoms with Gasteiger partial charge in [-0.05, 0) is 24.3 Å². The van der Waals surface area contributed by atoms with Gasteiger partial charge in [0.1, 0.15) is 28.8 Å². The number of hydrogen-bond donors (Lipinski definition) is 0. The molecule has 1 atom stereocenters. The molecule has 0 aliphatic carbocycles. The molecule has 0 amide bonds. The second kappa shape index (κ2) is 3.87. The van der Waals surface area contributed by atoms with E-state index in [1.807, 2.05) is 18.2 Å². The molecular formula is C16H10O4. The van der Waals surface area contributed by atoms with E-state index in [9.17, 15) is 4.79 Å². The maximum absolute atomic E-state index is 12.2. The van der Waals surface area contributed by atoms with E-state index in [1.54, 1.807) is 24.5 Å². The van der Waals surface area contributed by atoms with Crippen LogP contribution in [0.25, 0.3) is 11.0 Å². The Hall–Kier alpha value is -2.75. The molecule has 1 unspecified atom stereocenters. The fourth-order valence-corrected chi connectivity index (χ4v) is 2.60. The SMILES string of the molecule is C=C1Oc2c(c(=O)oc3ccccc23)C1c1ccco1. The number of ether oxygens (including phenoxy) is 1. The lowest BCUT2D eigenvalue weighted by Gasteiger charge is -2.04. The first-order valence-corrected chi connectivity index (χ1v) is 6.21. The molecule has 1 aromatic carbocycles. The van der Waals surface area contributed by atoms with Crippen LogP contribution in [0.15, 0.2) is 68.6 Å². The summed E-state index contributed by atoms with van der Waals surface area (Å²) in [6, 6.07) is 10.8. The van der Waals surface area contributed by atoms with Gasteiger partial charge in [0.2, 0.25) is 0 Å². The summed E-state index contributed by atoms with van der Waals surface area (Å²) in [4.78, 5) is 12.2. The molecule has 0 radical (unpaired) electrons. The second-order valence-electron chi connectivity index (χ2n) is 4.65. The van der Waals surface area contributed by atoms with Gasteiger partial charge in [-0.3, -0.25) is 0 Å². The van der Waals surface area contributed by atoms with Crippen molar-refractivity contribution in [2.45, 2.75) is 5.92 Å². The third-order valence-corrected chi connectivity index (χ3v) is 3.47. The number of furan rings is 1. The van der Waals surface area contributed by atoms with E-state index < -0.39 is 11.5 Å². The summed E-state index contributed by atoms with van der Waals surface area (Å²) < 4.78 is 16.5. The highest BCUT2D eigenvalue weighted by molar-refractivity contribution is 5.86. The molecule has 0 fully saturated rings. The molecule has 0 N–H and O–H groups in total. The van der Waals surface area contributed by atoms with E-state index in [-0.39, 0.29) is 0 Å². The van der Waals surface area contributed by atoms with Crippen LogP contribution in [0.3, 0.4) is 0 Å².